The third-order valence-electron chi connectivity index (χ3n) is 3.79. The number of Topliss-reactive ketones (excluding diaryl/α,β-unsaturated/α-hetero) is 1. The van der Waals surface area contributed by atoms with Gasteiger partial charge in [0.1, 0.15) is 0 Å². The lowest BCUT2D eigenvalue weighted by molar-refractivity contribution is 0.101. The molecule has 0 fully saturated rings. The van der Waals surface area contributed by atoms with Gasteiger partial charge in [-0.1, -0.05) is 64.5 Å². The molecule has 0 radical (unpaired) electrons. The summed E-state index contributed by atoms with van der Waals surface area (Å²) in [6.45, 7) is 1.59. The second-order valence-corrected chi connectivity index (χ2v) is 5.92. The molecule has 0 spiro atoms. The number of alkyl halides is 1. The molecule has 23 heavy (non-hydrogen) atoms. The van der Waals surface area contributed by atoms with E-state index < -0.39 is 0 Å². The van der Waals surface area contributed by atoms with Crippen molar-refractivity contribution in [3.8, 4) is 22.4 Å². The van der Waals surface area contributed by atoms with E-state index in [-0.39, 0.29) is 5.78 Å². The number of pyridine rings is 1. The Morgan fingerprint density at radius 2 is 1.70 bits per heavy atom. The van der Waals surface area contributed by atoms with Gasteiger partial charge in [-0.05, 0) is 30.2 Å². The first-order valence-corrected chi connectivity index (χ1v) is 8.53. The van der Waals surface area contributed by atoms with Crippen LogP contribution in [0.2, 0.25) is 0 Å². The molecule has 0 atom stereocenters. The predicted molar refractivity (Wildman–Crippen MR) is 97.7 cm³/mol. The van der Waals surface area contributed by atoms with Gasteiger partial charge in [0.05, 0.1) is 5.69 Å². The molecule has 0 saturated heterocycles. The highest BCUT2D eigenvalue weighted by atomic mass is 79.9. The molecule has 0 saturated carbocycles. The Morgan fingerprint density at radius 3 is 2.30 bits per heavy atom. The number of aromatic nitrogens is 1. The maximum Gasteiger partial charge on any atom is 0.160 e. The fourth-order valence-corrected chi connectivity index (χ4v) is 3.04. The van der Waals surface area contributed by atoms with Crippen molar-refractivity contribution in [2.75, 3.05) is 0 Å². The summed E-state index contributed by atoms with van der Waals surface area (Å²) in [5.41, 5.74) is 5.91. The third-order valence-corrected chi connectivity index (χ3v) is 4.40. The Bertz CT molecular complexity index is 826. The quantitative estimate of drug-likeness (QED) is 0.450. The van der Waals surface area contributed by atoms with Crippen molar-refractivity contribution < 1.29 is 4.79 Å². The molecule has 2 aromatic carbocycles. The molecule has 0 aliphatic rings. The number of benzene rings is 2. The molecule has 3 heteroatoms. The fraction of sp³-hybridized carbons (Fsp3) is 0.100. The Balaban J connectivity index is 1.95. The summed E-state index contributed by atoms with van der Waals surface area (Å²) in [6.07, 6.45) is 1.89. The topological polar surface area (TPSA) is 30.0 Å². The van der Waals surface area contributed by atoms with Crippen molar-refractivity contribution in [3.05, 3.63) is 78.0 Å². The van der Waals surface area contributed by atoms with Crippen LogP contribution in [0.25, 0.3) is 22.4 Å². The zero-order valence-corrected chi connectivity index (χ0v) is 14.4. The van der Waals surface area contributed by atoms with Gasteiger partial charge < -0.3 is 0 Å². The van der Waals surface area contributed by atoms with E-state index in [0.29, 0.717) is 5.33 Å². The number of hydrogen-bond acceptors (Lipinski definition) is 2. The highest BCUT2D eigenvalue weighted by molar-refractivity contribution is 9.08. The van der Waals surface area contributed by atoms with Crippen LogP contribution in [0.1, 0.15) is 22.8 Å². The lowest BCUT2D eigenvalue weighted by Gasteiger charge is -2.08. The molecule has 1 heterocycles. The van der Waals surface area contributed by atoms with E-state index in [0.717, 1.165) is 33.5 Å². The van der Waals surface area contributed by atoms with E-state index >= 15 is 0 Å². The summed E-state index contributed by atoms with van der Waals surface area (Å²) < 4.78 is 0. The monoisotopic (exact) mass is 365 g/mol. The smallest absolute Gasteiger partial charge is 0.160 e. The van der Waals surface area contributed by atoms with Crippen molar-refractivity contribution in [1.29, 1.82) is 0 Å². The Morgan fingerprint density at radius 1 is 0.957 bits per heavy atom. The van der Waals surface area contributed by atoms with Crippen LogP contribution in [-0.2, 0) is 5.33 Å². The normalized spacial score (nSPS) is 10.5. The largest absolute Gasteiger partial charge is 0.295 e. The zero-order valence-electron chi connectivity index (χ0n) is 12.8. The van der Waals surface area contributed by atoms with E-state index in [9.17, 15) is 4.79 Å². The van der Waals surface area contributed by atoms with Crippen molar-refractivity contribution in [2.24, 2.45) is 0 Å². The van der Waals surface area contributed by atoms with Gasteiger partial charge in [-0.15, -0.1) is 0 Å². The van der Waals surface area contributed by atoms with Gasteiger partial charge in [0, 0.05) is 28.2 Å². The second-order valence-electron chi connectivity index (χ2n) is 5.36. The van der Waals surface area contributed by atoms with Crippen molar-refractivity contribution in [3.63, 3.8) is 0 Å². The number of carbonyl (C=O) groups excluding carboxylic acids is 1. The van der Waals surface area contributed by atoms with Crippen LogP contribution in [0.5, 0.6) is 0 Å². The average molecular weight is 366 g/mol. The van der Waals surface area contributed by atoms with Crippen molar-refractivity contribution in [2.45, 2.75) is 12.3 Å². The first kappa shape index (κ1) is 15.6. The third kappa shape index (κ3) is 3.40. The fourth-order valence-electron chi connectivity index (χ4n) is 2.57. The number of hydrogen-bond donors (Lipinski definition) is 0. The van der Waals surface area contributed by atoms with Crippen LogP contribution < -0.4 is 0 Å². The molecule has 3 rings (SSSR count). The van der Waals surface area contributed by atoms with Crippen LogP contribution in [0, 0.1) is 0 Å². The lowest BCUT2D eigenvalue weighted by Crippen LogP contribution is -1.98. The highest BCUT2D eigenvalue weighted by Crippen LogP contribution is 2.25. The number of nitrogens with zero attached hydrogens (tertiary/aromatic N) is 1. The summed E-state index contributed by atoms with van der Waals surface area (Å²) in [7, 11) is 0. The molecule has 0 amide bonds. The minimum Gasteiger partial charge on any atom is -0.295 e. The SMILES string of the molecule is CC(=O)c1ccc(-c2ccc(-c3ccccc3)cn2)cc1CBr. The van der Waals surface area contributed by atoms with Crippen LogP contribution in [0.15, 0.2) is 66.9 Å². The molecule has 3 aromatic rings. The van der Waals surface area contributed by atoms with Crippen LogP contribution >= 0.6 is 15.9 Å². The number of halogens is 1. The van der Waals surface area contributed by atoms with E-state index in [2.05, 4.69) is 39.1 Å². The summed E-state index contributed by atoms with van der Waals surface area (Å²) in [5.74, 6) is 0.0818. The van der Waals surface area contributed by atoms with Crippen molar-refractivity contribution >= 4 is 21.7 Å². The van der Waals surface area contributed by atoms with Crippen LogP contribution in [0.3, 0.4) is 0 Å². The van der Waals surface area contributed by atoms with E-state index in [1.54, 1.807) is 6.92 Å². The standard InChI is InChI=1S/C20H16BrNO/c1-14(23)19-9-7-16(11-18(19)12-21)20-10-8-17(13-22-20)15-5-3-2-4-6-15/h2-11,13H,12H2,1H3. The van der Waals surface area contributed by atoms with Crippen molar-refractivity contribution in [1.82, 2.24) is 4.98 Å². The number of carbonyl (C=O) groups is 1. The molecular weight excluding hydrogens is 350 g/mol. The molecule has 2 nitrogen and oxygen atoms in total. The molecule has 0 N–H and O–H groups in total. The van der Waals surface area contributed by atoms with Crippen LogP contribution in [0.4, 0.5) is 0 Å². The van der Waals surface area contributed by atoms with Gasteiger partial charge in [0.2, 0.25) is 0 Å². The van der Waals surface area contributed by atoms with E-state index in [1.165, 1.54) is 0 Å². The van der Waals surface area contributed by atoms with Gasteiger partial charge in [-0.25, -0.2) is 0 Å². The molecule has 114 valence electrons. The molecule has 0 bridgehead atoms. The first-order chi connectivity index (χ1) is 11.2. The van der Waals surface area contributed by atoms with Gasteiger partial charge in [-0.2, -0.15) is 0 Å². The molecule has 0 aliphatic carbocycles. The molecule has 0 aliphatic heterocycles. The summed E-state index contributed by atoms with van der Waals surface area (Å²) >= 11 is 3.45. The van der Waals surface area contributed by atoms with Gasteiger partial charge in [0.15, 0.2) is 5.78 Å². The van der Waals surface area contributed by atoms with Crippen LogP contribution in [-0.4, -0.2) is 10.8 Å². The van der Waals surface area contributed by atoms with E-state index in [1.807, 2.05) is 48.7 Å². The Labute approximate surface area is 144 Å². The maximum absolute atomic E-state index is 11.6. The summed E-state index contributed by atoms with van der Waals surface area (Å²) in [4.78, 5) is 16.2. The number of rotatable bonds is 4. The average Bonchev–Trinajstić information content (AvgIpc) is 2.62. The number of ketones is 1. The summed E-state index contributed by atoms with van der Waals surface area (Å²) in [6, 6.07) is 20.1. The highest BCUT2D eigenvalue weighted by Gasteiger charge is 2.09. The lowest BCUT2D eigenvalue weighted by atomic mass is 10.00. The van der Waals surface area contributed by atoms with Gasteiger partial charge >= 0.3 is 0 Å². The van der Waals surface area contributed by atoms with Gasteiger partial charge in [-0.3, -0.25) is 9.78 Å². The predicted octanol–water partition coefficient (Wildman–Crippen LogP) is 5.51. The molecule has 1 aromatic heterocycles. The Hall–Kier alpha value is -2.26. The van der Waals surface area contributed by atoms with E-state index in [4.69, 9.17) is 0 Å². The second kappa shape index (κ2) is 6.88. The zero-order chi connectivity index (χ0) is 16.2. The minimum atomic E-state index is 0.0818. The summed E-state index contributed by atoms with van der Waals surface area (Å²) in [5, 5.41) is 0.651. The maximum atomic E-state index is 11.6. The minimum absolute atomic E-state index is 0.0818. The first-order valence-electron chi connectivity index (χ1n) is 7.40. The molecular formula is C20H16BrNO. The Kier molecular flexibility index (Phi) is 4.68. The molecule has 0 unspecified atom stereocenters. The van der Waals surface area contributed by atoms with Gasteiger partial charge in [0.25, 0.3) is 0 Å².